The molecule has 6 heteroatoms. The van der Waals surface area contributed by atoms with E-state index in [1.807, 2.05) is 63.2 Å². The summed E-state index contributed by atoms with van der Waals surface area (Å²) in [6, 6.07) is 13.7. The Hall–Kier alpha value is -2.96. The molecule has 2 aromatic rings. The van der Waals surface area contributed by atoms with Gasteiger partial charge in [-0.3, -0.25) is 19.4 Å². The third-order valence-corrected chi connectivity index (χ3v) is 5.99. The van der Waals surface area contributed by atoms with Gasteiger partial charge in [-0.2, -0.15) is 0 Å². The monoisotopic (exact) mass is 419 g/mol. The Morgan fingerprint density at radius 2 is 1.68 bits per heavy atom. The maximum absolute atomic E-state index is 13.4. The van der Waals surface area contributed by atoms with Gasteiger partial charge in [0.1, 0.15) is 5.70 Å². The van der Waals surface area contributed by atoms with Crippen molar-refractivity contribution in [3.05, 3.63) is 70.4 Å². The minimum Gasteiger partial charge on any atom is -0.379 e. The van der Waals surface area contributed by atoms with Crippen molar-refractivity contribution in [2.75, 3.05) is 44.7 Å². The number of carbonyl (C=O) groups is 2. The number of morpholine rings is 1. The molecule has 0 saturated carbocycles. The van der Waals surface area contributed by atoms with E-state index in [2.05, 4.69) is 10.2 Å². The molecule has 0 aliphatic carbocycles. The van der Waals surface area contributed by atoms with Gasteiger partial charge < -0.3 is 10.1 Å². The van der Waals surface area contributed by atoms with Gasteiger partial charge in [0, 0.05) is 31.9 Å². The lowest BCUT2D eigenvalue weighted by atomic mass is 9.99. The number of ether oxygens (including phenoxy) is 1. The van der Waals surface area contributed by atoms with Crippen molar-refractivity contribution in [1.29, 1.82) is 0 Å². The Kier molecular flexibility index (Phi) is 6.20. The van der Waals surface area contributed by atoms with E-state index in [0.717, 1.165) is 41.0 Å². The summed E-state index contributed by atoms with van der Waals surface area (Å²) in [7, 11) is 0. The molecule has 0 unspecified atom stereocenters. The molecule has 4 rings (SSSR count). The summed E-state index contributed by atoms with van der Waals surface area (Å²) in [4.78, 5) is 30.4. The van der Waals surface area contributed by atoms with Crippen LogP contribution in [-0.4, -0.2) is 61.0 Å². The molecule has 1 fully saturated rings. The van der Waals surface area contributed by atoms with Gasteiger partial charge in [0.05, 0.1) is 18.8 Å². The molecule has 6 nitrogen and oxygen atoms in total. The van der Waals surface area contributed by atoms with Crippen molar-refractivity contribution in [2.45, 2.75) is 20.8 Å². The Balaban J connectivity index is 1.65. The molecule has 1 N–H and O–H groups in total. The summed E-state index contributed by atoms with van der Waals surface area (Å²) in [6.45, 7) is 10.1. The fraction of sp³-hybridized carbons (Fsp3) is 0.360. The third-order valence-electron chi connectivity index (χ3n) is 5.99. The Morgan fingerprint density at radius 1 is 0.903 bits per heavy atom. The maximum Gasteiger partial charge on any atom is 0.278 e. The highest BCUT2D eigenvalue weighted by Gasteiger charge is 2.39. The van der Waals surface area contributed by atoms with E-state index in [1.54, 1.807) is 0 Å². The van der Waals surface area contributed by atoms with Crippen LogP contribution in [0.3, 0.4) is 0 Å². The number of amides is 2. The minimum absolute atomic E-state index is 0.239. The molecule has 0 radical (unpaired) electrons. The molecule has 2 aromatic carbocycles. The normalized spacial score (nSPS) is 17.6. The molecule has 0 aromatic heterocycles. The van der Waals surface area contributed by atoms with Crippen molar-refractivity contribution in [3.8, 4) is 0 Å². The van der Waals surface area contributed by atoms with E-state index in [1.165, 1.54) is 4.90 Å². The summed E-state index contributed by atoms with van der Waals surface area (Å²) < 4.78 is 5.40. The van der Waals surface area contributed by atoms with Gasteiger partial charge in [-0.1, -0.05) is 30.3 Å². The highest BCUT2D eigenvalue weighted by molar-refractivity contribution is 6.36. The molecule has 2 amide bonds. The number of benzene rings is 2. The predicted molar refractivity (Wildman–Crippen MR) is 122 cm³/mol. The van der Waals surface area contributed by atoms with Crippen LogP contribution < -0.4 is 5.32 Å². The second-order valence-corrected chi connectivity index (χ2v) is 8.26. The molecule has 162 valence electrons. The largest absolute Gasteiger partial charge is 0.379 e. The first-order valence-corrected chi connectivity index (χ1v) is 10.8. The van der Waals surface area contributed by atoms with Crippen LogP contribution in [-0.2, 0) is 14.3 Å². The van der Waals surface area contributed by atoms with E-state index in [-0.39, 0.29) is 11.8 Å². The van der Waals surface area contributed by atoms with Gasteiger partial charge in [-0.15, -0.1) is 0 Å². The third kappa shape index (κ3) is 4.55. The van der Waals surface area contributed by atoms with E-state index >= 15 is 0 Å². The van der Waals surface area contributed by atoms with Crippen molar-refractivity contribution in [1.82, 2.24) is 9.80 Å². The summed E-state index contributed by atoms with van der Waals surface area (Å²) >= 11 is 0. The molecule has 0 atom stereocenters. The van der Waals surface area contributed by atoms with Gasteiger partial charge in [-0.05, 0) is 55.2 Å². The number of anilines is 1. The number of nitrogens with zero attached hydrogens (tertiary/aromatic N) is 2. The molecule has 2 heterocycles. The summed E-state index contributed by atoms with van der Waals surface area (Å²) in [5.74, 6) is -0.510. The number of hydrogen-bond donors (Lipinski definition) is 1. The topological polar surface area (TPSA) is 61.9 Å². The molecule has 2 aliphatic rings. The van der Waals surface area contributed by atoms with Crippen molar-refractivity contribution >= 4 is 23.1 Å². The Bertz CT molecular complexity index is 1040. The molecular formula is C25H29N3O3. The molecule has 0 bridgehead atoms. The quantitative estimate of drug-likeness (QED) is 0.729. The summed E-state index contributed by atoms with van der Waals surface area (Å²) in [5, 5.41) is 3.25. The SMILES string of the molecule is Cc1cccc(NC2=C(c3ccc(C)c(C)c3)C(=O)N(CCN3CCOCC3)C2=O)c1. The highest BCUT2D eigenvalue weighted by atomic mass is 16.5. The summed E-state index contributed by atoms with van der Waals surface area (Å²) in [5.41, 5.74) is 5.68. The maximum atomic E-state index is 13.4. The van der Waals surface area contributed by atoms with E-state index in [9.17, 15) is 9.59 Å². The van der Waals surface area contributed by atoms with Gasteiger partial charge in [0.2, 0.25) is 0 Å². The number of aryl methyl sites for hydroxylation is 3. The average molecular weight is 420 g/mol. The van der Waals surface area contributed by atoms with Crippen LogP contribution in [0.5, 0.6) is 0 Å². The highest BCUT2D eigenvalue weighted by Crippen LogP contribution is 2.31. The number of nitrogens with one attached hydrogen (secondary N) is 1. The van der Waals surface area contributed by atoms with Crippen LogP contribution >= 0.6 is 0 Å². The van der Waals surface area contributed by atoms with E-state index in [0.29, 0.717) is 37.6 Å². The summed E-state index contributed by atoms with van der Waals surface area (Å²) in [6.07, 6.45) is 0. The first-order valence-electron chi connectivity index (χ1n) is 10.8. The second-order valence-electron chi connectivity index (χ2n) is 8.26. The lowest BCUT2D eigenvalue weighted by Crippen LogP contribution is -2.43. The fourth-order valence-corrected chi connectivity index (χ4v) is 3.99. The van der Waals surface area contributed by atoms with Crippen molar-refractivity contribution < 1.29 is 14.3 Å². The predicted octanol–water partition coefficient (Wildman–Crippen LogP) is 3.14. The molecule has 0 spiro atoms. The van der Waals surface area contributed by atoms with Crippen LogP contribution in [0, 0.1) is 20.8 Å². The van der Waals surface area contributed by atoms with E-state index in [4.69, 9.17) is 4.74 Å². The Morgan fingerprint density at radius 3 is 2.39 bits per heavy atom. The van der Waals surface area contributed by atoms with Gasteiger partial charge in [0.15, 0.2) is 0 Å². The number of hydrogen-bond acceptors (Lipinski definition) is 5. The van der Waals surface area contributed by atoms with Crippen LogP contribution in [0.25, 0.3) is 5.57 Å². The molecule has 31 heavy (non-hydrogen) atoms. The molecule has 2 aliphatic heterocycles. The van der Waals surface area contributed by atoms with Gasteiger partial charge >= 0.3 is 0 Å². The number of carbonyl (C=O) groups excluding carboxylic acids is 2. The average Bonchev–Trinajstić information content (AvgIpc) is 2.99. The Labute approximate surface area is 183 Å². The zero-order valence-corrected chi connectivity index (χ0v) is 18.4. The smallest absolute Gasteiger partial charge is 0.278 e. The fourth-order valence-electron chi connectivity index (χ4n) is 3.99. The first kappa shape index (κ1) is 21.3. The molecule has 1 saturated heterocycles. The first-order chi connectivity index (χ1) is 14.9. The zero-order valence-electron chi connectivity index (χ0n) is 18.4. The molecular weight excluding hydrogens is 390 g/mol. The number of rotatable bonds is 6. The van der Waals surface area contributed by atoms with Crippen LogP contribution in [0.4, 0.5) is 5.69 Å². The lowest BCUT2D eigenvalue weighted by molar-refractivity contribution is -0.137. The van der Waals surface area contributed by atoms with Crippen molar-refractivity contribution in [2.24, 2.45) is 0 Å². The standard InChI is InChI=1S/C25H29N3O3/c1-17-5-4-6-21(15-17)26-23-22(20-8-7-18(2)19(3)16-20)24(29)28(25(23)30)10-9-27-11-13-31-14-12-27/h4-8,15-16,26H,9-14H2,1-3H3. The van der Waals surface area contributed by atoms with E-state index < -0.39 is 0 Å². The van der Waals surface area contributed by atoms with Crippen LogP contribution in [0.1, 0.15) is 22.3 Å². The second kappa shape index (κ2) is 9.04. The van der Waals surface area contributed by atoms with Crippen molar-refractivity contribution in [3.63, 3.8) is 0 Å². The number of imide groups is 1. The van der Waals surface area contributed by atoms with Gasteiger partial charge in [0.25, 0.3) is 11.8 Å². The van der Waals surface area contributed by atoms with Crippen LogP contribution in [0.2, 0.25) is 0 Å². The zero-order chi connectivity index (χ0) is 22.0. The van der Waals surface area contributed by atoms with Gasteiger partial charge in [-0.25, -0.2) is 0 Å². The van der Waals surface area contributed by atoms with Crippen LogP contribution in [0.15, 0.2) is 48.2 Å². The lowest BCUT2D eigenvalue weighted by Gasteiger charge is -2.28. The minimum atomic E-state index is -0.270.